The zero-order chi connectivity index (χ0) is 14.2. The Morgan fingerprint density at radius 3 is 2.81 bits per heavy atom. The molecule has 1 N–H and O–H groups in total. The van der Waals surface area contributed by atoms with E-state index in [0.717, 1.165) is 19.5 Å². The summed E-state index contributed by atoms with van der Waals surface area (Å²) < 4.78 is 6.08. The fourth-order valence-electron chi connectivity index (χ4n) is 4.41. The molecular weight excluding hydrogens is 260 g/mol. The lowest BCUT2D eigenvalue weighted by atomic mass is 9.91. The molecule has 0 aliphatic carbocycles. The Kier molecular flexibility index (Phi) is 3.74. The summed E-state index contributed by atoms with van der Waals surface area (Å²) in [7, 11) is 0. The fraction of sp³-hybridized carbons (Fsp3) is 0.667. The summed E-state index contributed by atoms with van der Waals surface area (Å²) in [6.07, 6.45) is 6.01. The number of hydrogen-bond acceptors (Lipinski definition) is 3. The molecule has 5 unspecified atom stereocenters. The van der Waals surface area contributed by atoms with Crippen molar-refractivity contribution in [2.75, 3.05) is 13.1 Å². The van der Waals surface area contributed by atoms with Gasteiger partial charge >= 0.3 is 0 Å². The molecule has 3 aliphatic heterocycles. The summed E-state index contributed by atoms with van der Waals surface area (Å²) in [6, 6.07) is 12.7. The predicted molar refractivity (Wildman–Crippen MR) is 84.4 cm³/mol. The van der Waals surface area contributed by atoms with Crippen LogP contribution in [0.4, 0.5) is 0 Å². The Hall–Kier alpha value is -0.900. The van der Waals surface area contributed by atoms with E-state index < -0.39 is 0 Å². The van der Waals surface area contributed by atoms with Crippen LogP contribution >= 0.6 is 0 Å². The normalized spacial score (nSPS) is 39.8. The van der Waals surface area contributed by atoms with Crippen molar-refractivity contribution in [3.05, 3.63) is 35.9 Å². The monoisotopic (exact) mass is 286 g/mol. The van der Waals surface area contributed by atoms with Gasteiger partial charge in [0.05, 0.1) is 12.2 Å². The van der Waals surface area contributed by atoms with Gasteiger partial charge in [-0.3, -0.25) is 4.90 Å². The molecule has 0 amide bonds. The molecule has 1 aromatic rings. The standard InChI is InChI=1S/C18H26N2O/c1-13-11-19-15(9-14-5-3-2-4-6-14)12-20(13)17-10-16-7-8-18(17)21-16/h2-6,13,15-19H,7-12H2,1H3. The third kappa shape index (κ3) is 2.75. The Labute approximate surface area is 127 Å². The minimum Gasteiger partial charge on any atom is -0.373 e. The Balaban J connectivity index is 1.42. The molecule has 3 aliphatic rings. The molecule has 3 heterocycles. The van der Waals surface area contributed by atoms with Gasteiger partial charge in [-0.05, 0) is 38.2 Å². The first-order valence-corrected chi connectivity index (χ1v) is 8.48. The molecule has 0 spiro atoms. The van der Waals surface area contributed by atoms with Crippen molar-refractivity contribution in [1.29, 1.82) is 0 Å². The molecule has 3 nitrogen and oxygen atoms in total. The van der Waals surface area contributed by atoms with Crippen LogP contribution < -0.4 is 5.32 Å². The molecular formula is C18H26N2O. The second kappa shape index (κ2) is 5.71. The van der Waals surface area contributed by atoms with Crippen molar-refractivity contribution >= 4 is 0 Å². The van der Waals surface area contributed by atoms with Gasteiger partial charge in [-0.1, -0.05) is 30.3 Å². The average Bonchev–Trinajstić information content (AvgIpc) is 3.13. The highest BCUT2D eigenvalue weighted by Gasteiger charge is 2.45. The molecule has 0 aromatic heterocycles. The van der Waals surface area contributed by atoms with E-state index in [1.165, 1.54) is 24.8 Å². The van der Waals surface area contributed by atoms with Gasteiger partial charge in [0.2, 0.25) is 0 Å². The number of ether oxygens (including phenoxy) is 1. The maximum atomic E-state index is 6.08. The van der Waals surface area contributed by atoms with Gasteiger partial charge in [0.15, 0.2) is 0 Å². The van der Waals surface area contributed by atoms with E-state index in [1.807, 2.05) is 0 Å². The van der Waals surface area contributed by atoms with E-state index in [0.29, 0.717) is 30.3 Å². The number of rotatable bonds is 3. The molecule has 114 valence electrons. The van der Waals surface area contributed by atoms with E-state index in [4.69, 9.17) is 4.74 Å². The second-order valence-corrected chi connectivity index (χ2v) is 7.02. The Morgan fingerprint density at radius 1 is 1.24 bits per heavy atom. The van der Waals surface area contributed by atoms with Gasteiger partial charge in [-0.25, -0.2) is 0 Å². The molecule has 0 saturated carbocycles. The Bertz CT molecular complexity index is 477. The van der Waals surface area contributed by atoms with E-state index in [9.17, 15) is 0 Å². The van der Waals surface area contributed by atoms with Crippen LogP contribution in [0.15, 0.2) is 30.3 Å². The van der Waals surface area contributed by atoms with Crippen LogP contribution in [0.3, 0.4) is 0 Å². The lowest BCUT2D eigenvalue weighted by molar-refractivity contribution is 0.0358. The summed E-state index contributed by atoms with van der Waals surface area (Å²) >= 11 is 0. The summed E-state index contributed by atoms with van der Waals surface area (Å²) in [4.78, 5) is 2.73. The van der Waals surface area contributed by atoms with Gasteiger partial charge in [0.25, 0.3) is 0 Å². The molecule has 3 saturated heterocycles. The fourth-order valence-corrected chi connectivity index (χ4v) is 4.41. The quantitative estimate of drug-likeness (QED) is 0.922. The highest BCUT2D eigenvalue weighted by Crippen LogP contribution is 2.38. The molecule has 1 aromatic carbocycles. The van der Waals surface area contributed by atoms with E-state index in [-0.39, 0.29) is 0 Å². The Morgan fingerprint density at radius 2 is 2.10 bits per heavy atom. The number of hydrogen-bond donors (Lipinski definition) is 1. The maximum absolute atomic E-state index is 6.08. The van der Waals surface area contributed by atoms with Crippen molar-refractivity contribution in [3.63, 3.8) is 0 Å². The predicted octanol–water partition coefficient (Wildman–Crippen LogP) is 2.21. The van der Waals surface area contributed by atoms with Gasteiger partial charge in [0, 0.05) is 31.2 Å². The first-order valence-electron chi connectivity index (χ1n) is 8.48. The molecule has 21 heavy (non-hydrogen) atoms. The highest BCUT2D eigenvalue weighted by molar-refractivity contribution is 5.16. The smallest absolute Gasteiger partial charge is 0.0736 e. The number of piperazine rings is 1. The molecule has 0 radical (unpaired) electrons. The van der Waals surface area contributed by atoms with Crippen LogP contribution in [0, 0.1) is 0 Å². The summed E-state index contributed by atoms with van der Waals surface area (Å²) in [5.74, 6) is 0. The van der Waals surface area contributed by atoms with Crippen LogP contribution in [0.5, 0.6) is 0 Å². The van der Waals surface area contributed by atoms with Crippen LogP contribution in [0.1, 0.15) is 31.7 Å². The summed E-state index contributed by atoms with van der Waals surface area (Å²) in [5.41, 5.74) is 1.44. The van der Waals surface area contributed by atoms with Crippen molar-refractivity contribution in [1.82, 2.24) is 10.2 Å². The average molecular weight is 286 g/mol. The minimum absolute atomic E-state index is 0.507. The van der Waals surface area contributed by atoms with Crippen LogP contribution in [0.25, 0.3) is 0 Å². The second-order valence-electron chi connectivity index (χ2n) is 7.02. The molecule has 5 atom stereocenters. The van der Waals surface area contributed by atoms with Crippen LogP contribution in [-0.4, -0.2) is 48.3 Å². The van der Waals surface area contributed by atoms with Gasteiger partial charge in [-0.15, -0.1) is 0 Å². The van der Waals surface area contributed by atoms with Crippen LogP contribution in [0.2, 0.25) is 0 Å². The lowest BCUT2D eigenvalue weighted by Crippen LogP contribution is -2.60. The SMILES string of the molecule is CC1CNC(Cc2ccccc2)CN1C1CC2CCC1O2. The van der Waals surface area contributed by atoms with Gasteiger partial charge in [-0.2, -0.15) is 0 Å². The molecule has 4 rings (SSSR count). The zero-order valence-corrected chi connectivity index (χ0v) is 12.9. The van der Waals surface area contributed by atoms with E-state index in [1.54, 1.807) is 0 Å². The maximum Gasteiger partial charge on any atom is 0.0736 e. The summed E-state index contributed by atoms with van der Waals surface area (Å²) in [5, 5.41) is 3.73. The third-order valence-corrected chi connectivity index (χ3v) is 5.52. The molecule has 3 fully saturated rings. The van der Waals surface area contributed by atoms with E-state index in [2.05, 4.69) is 47.5 Å². The molecule has 2 bridgehead atoms. The van der Waals surface area contributed by atoms with Crippen molar-refractivity contribution in [3.8, 4) is 0 Å². The number of benzene rings is 1. The van der Waals surface area contributed by atoms with Crippen molar-refractivity contribution in [2.24, 2.45) is 0 Å². The van der Waals surface area contributed by atoms with Crippen molar-refractivity contribution in [2.45, 2.75) is 62.9 Å². The topological polar surface area (TPSA) is 24.5 Å². The number of fused-ring (bicyclic) bond motifs is 2. The summed E-state index contributed by atoms with van der Waals surface area (Å²) in [6.45, 7) is 4.62. The van der Waals surface area contributed by atoms with Crippen molar-refractivity contribution < 1.29 is 4.74 Å². The third-order valence-electron chi connectivity index (χ3n) is 5.52. The number of nitrogens with zero attached hydrogens (tertiary/aromatic N) is 1. The first-order chi connectivity index (χ1) is 10.3. The number of nitrogens with one attached hydrogen (secondary N) is 1. The minimum atomic E-state index is 0.507. The lowest BCUT2D eigenvalue weighted by Gasteiger charge is -2.44. The van der Waals surface area contributed by atoms with Gasteiger partial charge < -0.3 is 10.1 Å². The highest BCUT2D eigenvalue weighted by atomic mass is 16.5. The van der Waals surface area contributed by atoms with E-state index >= 15 is 0 Å². The molecule has 3 heteroatoms. The largest absolute Gasteiger partial charge is 0.373 e. The zero-order valence-electron chi connectivity index (χ0n) is 12.9. The van der Waals surface area contributed by atoms with Crippen LogP contribution in [-0.2, 0) is 11.2 Å². The first kappa shape index (κ1) is 13.7. The van der Waals surface area contributed by atoms with Gasteiger partial charge in [0.1, 0.15) is 0 Å².